The minimum absolute atomic E-state index is 0. The van der Waals surface area contributed by atoms with E-state index in [0.29, 0.717) is 0 Å². The average molecular weight is 384 g/mol. The summed E-state index contributed by atoms with van der Waals surface area (Å²) in [6.45, 7) is 1.62. The van der Waals surface area contributed by atoms with Gasteiger partial charge in [0, 0.05) is 6.42 Å². The fourth-order valence-electron chi connectivity index (χ4n) is 2.64. The molecular weight excluding hydrogens is 345 g/mol. The number of carbonyl (C=O) groups is 2. The van der Waals surface area contributed by atoms with E-state index < -0.39 is 24.6 Å². The van der Waals surface area contributed by atoms with Gasteiger partial charge in [-0.15, -0.1) is 5.48 Å². The Labute approximate surface area is 182 Å². The van der Waals surface area contributed by atoms with Gasteiger partial charge in [0.25, 0.3) is 0 Å². The van der Waals surface area contributed by atoms with Gasteiger partial charge in [-0.3, -0.25) is 9.59 Å². The zero-order valence-corrected chi connectivity index (χ0v) is 18.8. The van der Waals surface area contributed by atoms with Crippen LogP contribution in [0.25, 0.3) is 0 Å². The van der Waals surface area contributed by atoms with E-state index in [2.05, 4.69) is 17.2 Å². The summed E-state index contributed by atoms with van der Waals surface area (Å²) in [4.78, 5) is 26.7. The SMILES string of the molecule is CCCCCCCCCCCCCCCC(=O)ON[C@@H](CO)C(=O)O.[H-].[Na+]. The third-order valence-electron chi connectivity index (χ3n) is 4.28. The first kappa shape index (κ1) is 28.1. The van der Waals surface area contributed by atoms with Crippen LogP contribution in [0.15, 0.2) is 0 Å². The molecule has 0 saturated heterocycles. The number of carboxylic acid groups (broad SMARTS) is 1. The number of carbonyl (C=O) groups excluding carboxylic acids is 1. The number of carboxylic acids is 1. The molecule has 0 bridgehead atoms. The molecule has 0 spiro atoms. The third kappa shape index (κ3) is 18.6. The molecule has 0 aliphatic rings. The van der Waals surface area contributed by atoms with Crippen molar-refractivity contribution in [3.63, 3.8) is 0 Å². The van der Waals surface area contributed by atoms with Gasteiger partial charge < -0.3 is 16.5 Å². The van der Waals surface area contributed by atoms with Gasteiger partial charge in [0.15, 0.2) is 6.04 Å². The van der Waals surface area contributed by atoms with E-state index in [1.165, 1.54) is 64.2 Å². The predicted molar refractivity (Wildman–Crippen MR) is 99.2 cm³/mol. The summed E-state index contributed by atoms with van der Waals surface area (Å²) in [6, 6.07) is -1.27. The van der Waals surface area contributed by atoms with E-state index in [9.17, 15) is 9.59 Å². The smallest absolute Gasteiger partial charge is 1.00 e. The molecule has 0 amide bonds. The minimum atomic E-state index is -1.27. The molecule has 0 aromatic carbocycles. The number of unbranched alkanes of at least 4 members (excludes halogenated alkanes) is 12. The molecule has 1 atom stereocenters. The van der Waals surface area contributed by atoms with Gasteiger partial charge in [-0.05, 0) is 6.42 Å². The summed E-state index contributed by atoms with van der Waals surface area (Å²) >= 11 is 0. The van der Waals surface area contributed by atoms with Crippen molar-refractivity contribution in [2.75, 3.05) is 6.61 Å². The molecule has 0 fully saturated rings. The quantitative estimate of drug-likeness (QED) is 0.186. The van der Waals surface area contributed by atoms with Crippen LogP contribution in [0.2, 0.25) is 0 Å². The van der Waals surface area contributed by atoms with Crippen LogP contribution in [0.3, 0.4) is 0 Å². The summed E-state index contributed by atoms with van der Waals surface area (Å²) in [7, 11) is 0. The van der Waals surface area contributed by atoms with E-state index in [-0.39, 0.29) is 37.4 Å². The molecule has 0 heterocycles. The van der Waals surface area contributed by atoms with E-state index in [1.54, 1.807) is 0 Å². The monoisotopic (exact) mass is 383 g/mol. The zero-order valence-electron chi connectivity index (χ0n) is 17.8. The van der Waals surface area contributed by atoms with Gasteiger partial charge in [0.05, 0.1) is 6.61 Å². The molecule has 6 nitrogen and oxygen atoms in total. The molecule has 0 saturated carbocycles. The van der Waals surface area contributed by atoms with E-state index in [0.717, 1.165) is 19.3 Å². The summed E-state index contributed by atoms with van der Waals surface area (Å²) in [6.07, 6.45) is 16.4. The summed E-state index contributed by atoms with van der Waals surface area (Å²) in [5.74, 6) is -1.74. The van der Waals surface area contributed by atoms with Gasteiger partial charge >= 0.3 is 41.5 Å². The van der Waals surface area contributed by atoms with Crippen molar-refractivity contribution in [3.05, 3.63) is 0 Å². The third-order valence-corrected chi connectivity index (χ3v) is 4.28. The first-order chi connectivity index (χ1) is 12.1. The molecule has 7 heteroatoms. The molecule has 0 rings (SSSR count). The zero-order chi connectivity index (χ0) is 18.8. The van der Waals surface area contributed by atoms with Crippen LogP contribution in [-0.2, 0) is 14.4 Å². The number of aliphatic carboxylic acids is 1. The van der Waals surface area contributed by atoms with E-state index in [1.807, 2.05) is 0 Å². The Morgan fingerprint density at radius 2 is 1.31 bits per heavy atom. The number of rotatable bonds is 18. The molecule has 0 aromatic heterocycles. The number of hydrogen-bond acceptors (Lipinski definition) is 5. The fourth-order valence-corrected chi connectivity index (χ4v) is 2.64. The van der Waals surface area contributed by atoms with Crippen LogP contribution in [0.4, 0.5) is 0 Å². The molecule has 0 aliphatic heterocycles. The number of aliphatic hydroxyl groups excluding tert-OH is 1. The summed E-state index contributed by atoms with van der Waals surface area (Å²) < 4.78 is 0. The Morgan fingerprint density at radius 1 is 0.885 bits per heavy atom. The molecule has 0 unspecified atom stereocenters. The average Bonchev–Trinajstić information content (AvgIpc) is 2.59. The molecule has 150 valence electrons. The molecule has 0 aromatic rings. The van der Waals surface area contributed by atoms with Crippen LogP contribution in [-0.4, -0.2) is 34.8 Å². The fraction of sp³-hybridized carbons (Fsp3) is 0.895. The number of hydrogen-bond donors (Lipinski definition) is 3. The van der Waals surface area contributed by atoms with Crippen molar-refractivity contribution in [3.8, 4) is 0 Å². The maximum Gasteiger partial charge on any atom is 1.00 e. The maximum absolute atomic E-state index is 11.4. The van der Waals surface area contributed by atoms with Crippen molar-refractivity contribution in [1.29, 1.82) is 0 Å². The Hall–Kier alpha value is -0.140. The van der Waals surface area contributed by atoms with Gasteiger partial charge in [-0.25, -0.2) is 0 Å². The van der Waals surface area contributed by atoms with Gasteiger partial charge in [-0.2, -0.15) is 0 Å². The number of aliphatic hydroxyl groups is 1. The summed E-state index contributed by atoms with van der Waals surface area (Å²) in [5.41, 5.74) is 2.07. The van der Waals surface area contributed by atoms with Crippen LogP contribution >= 0.6 is 0 Å². The van der Waals surface area contributed by atoms with Gasteiger partial charge in [0.1, 0.15) is 0 Å². The predicted octanol–water partition coefficient (Wildman–Crippen LogP) is 1.08. The van der Waals surface area contributed by atoms with Crippen LogP contribution < -0.4 is 35.0 Å². The Kier molecular flexibility index (Phi) is 22.9. The molecule has 3 N–H and O–H groups in total. The summed E-state index contributed by atoms with van der Waals surface area (Å²) in [5, 5.41) is 17.4. The van der Waals surface area contributed by atoms with Crippen LogP contribution in [0, 0.1) is 0 Å². The molecule has 26 heavy (non-hydrogen) atoms. The first-order valence-corrected chi connectivity index (χ1v) is 9.90. The Balaban J connectivity index is -0.00000288. The van der Waals surface area contributed by atoms with Crippen molar-refractivity contribution in [2.24, 2.45) is 0 Å². The second-order valence-corrected chi connectivity index (χ2v) is 6.66. The normalized spacial score (nSPS) is 11.6. The van der Waals surface area contributed by atoms with Crippen LogP contribution in [0.1, 0.15) is 98.2 Å². The molecular formula is C19H38NNaO5. The van der Waals surface area contributed by atoms with Crippen molar-refractivity contribution in [1.82, 2.24) is 5.48 Å². The molecule has 0 aliphatic carbocycles. The largest absolute Gasteiger partial charge is 1.00 e. The van der Waals surface area contributed by atoms with E-state index >= 15 is 0 Å². The van der Waals surface area contributed by atoms with Crippen molar-refractivity contribution < 1.29 is 55.6 Å². The minimum Gasteiger partial charge on any atom is -1.00 e. The number of nitrogens with one attached hydrogen (secondary N) is 1. The second-order valence-electron chi connectivity index (χ2n) is 6.66. The number of hydroxylamine groups is 1. The Morgan fingerprint density at radius 3 is 1.69 bits per heavy atom. The van der Waals surface area contributed by atoms with Gasteiger partial charge in [-0.1, -0.05) is 84.0 Å². The van der Waals surface area contributed by atoms with E-state index in [4.69, 9.17) is 10.2 Å². The molecule has 0 radical (unpaired) electrons. The van der Waals surface area contributed by atoms with Gasteiger partial charge in [0.2, 0.25) is 0 Å². The van der Waals surface area contributed by atoms with Crippen molar-refractivity contribution >= 4 is 11.9 Å². The van der Waals surface area contributed by atoms with Crippen LogP contribution in [0.5, 0.6) is 0 Å². The topological polar surface area (TPSA) is 95.9 Å². The standard InChI is InChI=1S/C19H37NO5.Na.H/c1-2-3-4-5-6-7-8-9-10-11-12-13-14-15-18(22)25-20-17(16-21)19(23)24;;/h17,20-21H,2-16H2,1H3,(H,23,24);;/q;+1;-1/t17-;;/m0../s1. The maximum atomic E-state index is 11.4. The second kappa shape index (κ2) is 21.2. The van der Waals surface area contributed by atoms with Crippen molar-refractivity contribution in [2.45, 2.75) is 103 Å². The first-order valence-electron chi connectivity index (χ1n) is 9.90. The Bertz CT molecular complexity index is 348.